The Hall–Kier alpha value is -3.85. The summed E-state index contributed by atoms with van der Waals surface area (Å²) in [5.41, 5.74) is 2.03. The Morgan fingerprint density at radius 2 is 1.48 bits per heavy atom. The number of amides is 2. The van der Waals surface area contributed by atoms with E-state index in [0.717, 1.165) is 53.8 Å². The molecule has 0 aromatic heterocycles. The molecule has 8 nitrogen and oxygen atoms in total. The number of rotatable bonds is 13. The molecule has 1 unspecified atom stereocenters. The summed E-state index contributed by atoms with van der Waals surface area (Å²) in [7, 11) is -3.88. The number of nitrogens with one attached hydrogen (secondary N) is 1. The van der Waals surface area contributed by atoms with E-state index >= 15 is 0 Å². The molecule has 3 aromatic carbocycles. The van der Waals surface area contributed by atoms with Crippen LogP contribution in [-0.2, 0) is 32.6 Å². The highest BCUT2D eigenvalue weighted by molar-refractivity contribution is 7.92. The maximum atomic E-state index is 14.3. The molecule has 4 rings (SSSR count). The highest BCUT2D eigenvalue weighted by atomic mass is 32.2. The molecule has 3 aromatic rings. The van der Waals surface area contributed by atoms with Gasteiger partial charge in [0, 0.05) is 19.0 Å². The van der Waals surface area contributed by atoms with Crippen molar-refractivity contribution in [2.75, 3.05) is 23.7 Å². The molecule has 1 fully saturated rings. The Kier molecular flexibility index (Phi) is 11.0. The molecule has 42 heavy (non-hydrogen) atoms. The molecule has 0 heterocycles. The van der Waals surface area contributed by atoms with Crippen LogP contribution in [0.25, 0.3) is 0 Å². The zero-order chi connectivity index (χ0) is 30.0. The van der Waals surface area contributed by atoms with Gasteiger partial charge in [0.25, 0.3) is 0 Å². The molecule has 0 saturated heterocycles. The number of sulfonamides is 1. The summed E-state index contributed by atoms with van der Waals surface area (Å²) in [5, 5.41) is 3.22. The van der Waals surface area contributed by atoms with E-state index in [-0.39, 0.29) is 24.2 Å². The maximum absolute atomic E-state index is 14.3. The van der Waals surface area contributed by atoms with Gasteiger partial charge in [0.1, 0.15) is 18.3 Å². The second-order valence-electron chi connectivity index (χ2n) is 10.7. The van der Waals surface area contributed by atoms with Gasteiger partial charge in [-0.1, -0.05) is 92.1 Å². The first-order chi connectivity index (χ1) is 20.3. The SMILES string of the molecule is CCOc1ccccc1N(CC(=O)N(Cc1ccccc1)C(Cc1ccccc1)C(=O)NC1CCCCC1)S(C)(=O)=O. The van der Waals surface area contributed by atoms with Crippen molar-refractivity contribution in [1.82, 2.24) is 10.2 Å². The molecule has 1 saturated carbocycles. The summed E-state index contributed by atoms with van der Waals surface area (Å²) in [6, 6.07) is 25.0. The predicted octanol–water partition coefficient (Wildman–Crippen LogP) is 4.94. The fourth-order valence-corrected chi connectivity index (χ4v) is 6.27. The van der Waals surface area contributed by atoms with E-state index in [4.69, 9.17) is 4.74 Å². The van der Waals surface area contributed by atoms with Gasteiger partial charge in [-0.05, 0) is 43.0 Å². The second-order valence-corrected chi connectivity index (χ2v) is 12.6. The Balaban J connectivity index is 1.72. The van der Waals surface area contributed by atoms with Gasteiger partial charge in [-0.15, -0.1) is 0 Å². The van der Waals surface area contributed by atoms with E-state index < -0.39 is 28.5 Å². The van der Waals surface area contributed by atoms with Crippen molar-refractivity contribution in [3.05, 3.63) is 96.1 Å². The average molecular weight is 592 g/mol. The lowest BCUT2D eigenvalue weighted by atomic mass is 9.94. The quantitative estimate of drug-likeness (QED) is 0.304. The third kappa shape index (κ3) is 8.58. The van der Waals surface area contributed by atoms with Crippen molar-refractivity contribution in [2.45, 2.75) is 64.1 Å². The smallest absolute Gasteiger partial charge is 0.244 e. The highest BCUT2D eigenvalue weighted by Crippen LogP contribution is 2.30. The molecule has 2 amide bonds. The number of anilines is 1. The van der Waals surface area contributed by atoms with Crippen LogP contribution in [0.1, 0.15) is 50.2 Å². The fraction of sp³-hybridized carbons (Fsp3) is 0.394. The monoisotopic (exact) mass is 591 g/mol. The second kappa shape index (κ2) is 14.9. The summed E-state index contributed by atoms with van der Waals surface area (Å²) in [6.07, 6.45) is 6.46. The third-order valence-corrected chi connectivity index (χ3v) is 8.66. The number of hydrogen-bond donors (Lipinski definition) is 1. The Bertz CT molecular complexity index is 1410. The van der Waals surface area contributed by atoms with Crippen molar-refractivity contribution in [3.8, 4) is 5.75 Å². The van der Waals surface area contributed by atoms with Gasteiger partial charge in [-0.25, -0.2) is 8.42 Å². The summed E-state index contributed by atoms with van der Waals surface area (Å²) in [6.45, 7) is 1.83. The van der Waals surface area contributed by atoms with Crippen molar-refractivity contribution in [2.24, 2.45) is 0 Å². The Morgan fingerprint density at radius 3 is 2.10 bits per heavy atom. The number of benzene rings is 3. The van der Waals surface area contributed by atoms with E-state index in [1.54, 1.807) is 24.3 Å². The molecule has 9 heteroatoms. The van der Waals surface area contributed by atoms with Crippen LogP contribution in [0.5, 0.6) is 5.75 Å². The van der Waals surface area contributed by atoms with Crippen LogP contribution < -0.4 is 14.4 Å². The zero-order valence-electron chi connectivity index (χ0n) is 24.4. The normalized spacial score (nSPS) is 14.5. The molecule has 0 spiro atoms. The summed E-state index contributed by atoms with van der Waals surface area (Å²) < 4.78 is 32.9. The summed E-state index contributed by atoms with van der Waals surface area (Å²) >= 11 is 0. The van der Waals surface area contributed by atoms with E-state index in [2.05, 4.69) is 5.32 Å². The summed E-state index contributed by atoms with van der Waals surface area (Å²) in [5.74, 6) is -0.338. The first-order valence-electron chi connectivity index (χ1n) is 14.6. The first kappa shape index (κ1) is 31.1. The molecule has 1 aliphatic carbocycles. The predicted molar refractivity (Wildman–Crippen MR) is 166 cm³/mol. The number of ether oxygens (including phenoxy) is 1. The van der Waals surface area contributed by atoms with Gasteiger partial charge in [0.15, 0.2) is 0 Å². The van der Waals surface area contributed by atoms with Crippen LogP contribution in [0.3, 0.4) is 0 Å². The lowest BCUT2D eigenvalue weighted by molar-refractivity contribution is -0.140. The lowest BCUT2D eigenvalue weighted by Crippen LogP contribution is -2.55. The van der Waals surface area contributed by atoms with Crippen molar-refractivity contribution in [1.29, 1.82) is 0 Å². The van der Waals surface area contributed by atoms with Crippen LogP contribution in [0.4, 0.5) is 5.69 Å². The highest BCUT2D eigenvalue weighted by Gasteiger charge is 2.34. The summed E-state index contributed by atoms with van der Waals surface area (Å²) in [4.78, 5) is 29.8. The average Bonchev–Trinajstić information content (AvgIpc) is 2.99. The molecule has 1 aliphatic rings. The van der Waals surface area contributed by atoms with Gasteiger partial charge in [0.2, 0.25) is 21.8 Å². The molecule has 0 aliphatic heterocycles. The van der Waals surface area contributed by atoms with Gasteiger partial charge < -0.3 is 15.0 Å². The van der Waals surface area contributed by atoms with E-state index in [1.807, 2.05) is 67.6 Å². The van der Waals surface area contributed by atoms with Gasteiger partial charge in [-0.3, -0.25) is 13.9 Å². The minimum absolute atomic E-state index is 0.0591. The topological polar surface area (TPSA) is 96.0 Å². The standard InChI is InChI=1S/C33H41N3O5S/c1-3-41-31-22-14-13-21-29(31)36(42(2,39)40)25-32(37)35(24-27-17-9-5-10-18-27)30(23-26-15-7-4-8-16-26)33(38)34-28-19-11-6-12-20-28/h4-5,7-10,13-18,21-22,28,30H,3,6,11-12,19-20,23-25H2,1-2H3,(H,34,38). The Morgan fingerprint density at radius 1 is 0.881 bits per heavy atom. The van der Waals surface area contributed by atoms with Crippen LogP contribution >= 0.6 is 0 Å². The van der Waals surface area contributed by atoms with Crippen LogP contribution in [0.2, 0.25) is 0 Å². The van der Waals surface area contributed by atoms with Gasteiger partial charge >= 0.3 is 0 Å². The first-order valence-corrected chi connectivity index (χ1v) is 16.5. The minimum atomic E-state index is -3.88. The van der Waals surface area contributed by atoms with Crippen molar-refractivity contribution < 1.29 is 22.7 Å². The zero-order valence-corrected chi connectivity index (χ0v) is 25.3. The molecule has 1 atom stereocenters. The number of nitrogens with zero attached hydrogens (tertiary/aromatic N) is 2. The molecule has 224 valence electrons. The number of carbonyl (C=O) groups excluding carboxylic acids is 2. The molecule has 1 N–H and O–H groups in total. The van der Waals surface area contributed by atoms with Gasteiger partial charge in [-0.2, -0.15) is 0 Å². The van der Waals surface area contributed by atoms with E-state index in [0.29, 0.717) is 18.8 Å². The van der Waals surface area contributed by atoms with E-state index in [9.17, 15) is 18.0 Å². The molecular formula is C33H41N3O5S. The number of carbonyl (C=O) groups is 2. The minimum Gasteiger partial charge on any atom is -0.492 e. The van der Waals surface area contributed by atoms with Crippen LogP contribution in [0, 0.1) is 0 Å². The van der Waals surface area contributed by atoms with Crippen LogP contribution in [-0.4, -0.2) is 56.6 Å². The fourth-order valence-electron chi connectivity index (χ4n) is 5.41. The van der Waals surface area contributed by atoms with E-state index in [1.165, 1.54) is 4.90 Å². The van der Waals surface area contributed by atoms with Crippen molar-refractivity contribution >= 4 is 27.5 Å². The molecule has 0 bridgehead atoms. The molecular weight excluding hydrogens is 550 g/mol. The number of para-hydroxylation sites is 2. The maximum Gasteiger partial charge on any atom is 0.244 e. The third-order valence-electron chi connectivity index (χ3n) is 7.53. The lowest BCUT2D eigenvalue weighted by Gasteiger charge is -2.35. The van der Waals surface area contributed by atoms with Crippen molar-refractivity contribution in [3.63, 3.8) is 0 Å². The number of hydrogen-bond acceptors (Lipinski definition) is 5. The largest absolute Gasteiger partial charge is 0.492 e. The van der Waals surface area contributed by atoms with Gasteiger partial charge in [0.05, 0.1) is 18.6 Å². The Labute approximate surface area is 249 Å². The van der Waals surface area contributed by atoms with Crippen LogP contribution in [0.15, 0.2) is 84.9 Å². The molecule has 0 radical (unpaired) electrons.